The summed E-state index contributed by atoms with van der Waals surface area (Å²) in [5.74, 6) is -0.664. The van der Waals surface area contributed by atoms with Gasteiger partial charge in [0.05, 0.1) is 16.8 Å². The Labute approximate surface area is 142 Å². The molecule has 124 valence electrons. The molecule has 2 heterocycles. The summed E-state index contributed by atoms with van der Waals surface area (Å²) in [6, 6.07) is 15.5. The predicted molar refractivity (Wildman–Crippen MR) is 93.8 cm³/mol. The fourth-order valence-corrected chi connectivity index (χ4v) is 2.94. The van der Waals surface area contributed by atoms with Crippen LogP contribution < -0.4 is 15.8 Å². The third-order valence-electron chi connectivity index (χ3n) is 4.16. The van der Waals surface area contributed by atoms with Crippen LogP contribution in [0.15, 0.2) is 63.8 Å². The van der Waals surface area contributed by atoms with E-state index in [-0.39, 0.29) is 24.6 Å². The molecule has 0 radical (unpaired) electrons. The Balaban J connectivity index is 1.81. The van der Waals surface area contributed by atoms with Gasteiger partial charge in [-0.1, -0.05) is 30.3 Å². The molecule has 1 N–H and O–H groups in total. The number of nitrogens with one attached hydrogen (secondary N) is 1. The highest BCUT2D eigenvalue weighted by Gasteiger charge is 2.26. The highest BCUT2D eigenvalue weighted by atomic mass is 16.4. The first-order valence-corrected chi connectivity index (χ1v) is 7.87. The molecule has 0 spiro atoms. The van der Waals surface area contributed by atoms with E-state index in [1.165, 1.54) is 4.90 Å². The average Bonchev–Trinajstić information content (AvgIpc) is 2.79. The first-order chi connectivity index (χ1) is 12.1. The molecule has 1 aliphatic rings. The second-order valence-corrected chi connectivity index (χ2v) is 5.76. The summed E-state index contributed by atoms with van der Waals surface area (Å²) in [6.45, 7) is 0.207. The summed E-state index contributed by atoms with van der Waals surface area (Å²) in [6.07, 6.45) is 0.165. The average molecular weight is 334 g/mol. The summed E-state index contributed by atoms with van der Waals surface area (Å²) >= 11 is 0. The molecule has 0 fully saturated rings. The molecule has 0 saturated carbocycles. The third-order valence-corrected chi connectivity index (χ3v) is 4.16. The van der Waals surface area contributed by atoms with E-state index in [9.17, 15) is 14.4 Å². The minimum Gasteiger partial charge on any atom is -0.417 e. The molecule has 2 amide bonds. The number of rotatable bonds is 1. The van der Waals surface area contributed by atoms with Crippen LogP contribution in [-0.2, 0) is 4.79 Å². The Morgan fingerprint density at radius 3 is 2.68 bits per heavy atom. The van der Waals surface area contributed by atoms with Crippen molar-refractivity contribution in [2.75, 3.05) is 16.8 Å². The highest BCUT2D eigenvalue weighted by Crippen LogP contribution is 2.29. The number of carbonyl (C=O) groups is 2. The van der Waals surface area contributed by atoms with Crippen LogP contribution in [0.2, 0.25) is 0 Å². The van der Waals surface area contributed by atoms with Crippen molar-refractivity contribution in [3.63, 3.8) is 0 Å². The number of hydrogen-bond donors (Lipinski definition) is 1. The van der Waals surface area contributed by atoms with Crippen molar-refractivity contribution >= 4 is 34.0 Å². The quantitative estimate of drug-likeness (QED) is 0.742. The first kappa shape index (κ1) is 15.1. The van der Waals surface area contributed by atoms with Crippen LogP contribution >= 0.6 is 0 Å². The van der Waals surface area contributed by atoms with E-state index in [1.807, 2.05) is 0 Å². The molecule has 0 unspecified atom stereocenters. The number of nitrogens with zero attached hydrogens (tertiary/aromatic N) is 1. The van der Waals surface area contributed by atoms with Crippen molar-refractivity contribution in [1.82, 2.24) is 0 Å². The van der Waals surface area contributed by atoms with Gasteiger partial charge in [-0.3, -0.25) is 9.59 Å². The molecule has 0 saturated heterocycles. The maximum atomic E-state index is 13.0. The van der Waals surface area contributed by atoms with Crippen molar-refractivity contribution < 1.29 is 14.0 Å². The number of amides is 2. The van der Waals surface area contributed by atoms with Crippen molar-refractivity contribution in [3.05, 3.63) is 70.8 Å². The van der Waals surface area contributed by atoms with Crippen LogP contribution in [0.1, 0.15) is 17.0 Å². The number of fused-ring (bicyclic) bond motifs is 2. The van der Waals surface area contributed by atoms with E-state index in [0.29, 0.717) is 22.1 Å². The minimum atomic E-state index is -0.557. The Kier molecular flexibility index (Phi) is 3.57. The molecular formula is C19H14N2O4. The van der Waals surface area contributed by atoms with Crippen LogP contribution in [0.25, 0.3) is 10.8 Å². The zero-order valence-electron chi connectivity index (χ0n) is 13.2. The van der Waals surface area contributed by atoms with Gasteiger partial charge in [-0.05, 0) is 29.7 Å². The number of para-hydroxylation sites is 2. The maximum Gasteiger partial charge on any atom is 0.344 e. The highest BCUT2D eigenvalue weighted by molar-refractivity contribution is 6.10. The molecule has 3 aromatic rings. The molecule has 0 bridgehead atoms. The molecule has 1 aliphatic heterocycles. The number of anilines is 2. The van der Waals surface area contributed by atoms with Crippen molar-refractivity contribution in [2.24, 2.45) is 0 Å². The van der Waals surface area contributed by atoms with Gasteiger partial charge in [-0.25, -0.2) is 4.79 Å². The Hall–Kier alpha value is -3.41. The molecular weight excluding hydrogens is 320 g/mol. The molecule has 0 aliphatic carbocycles. The van der Waals surface area contributed by atoms with Crippen LogP contribution in [-0.4, -0.2) is 18.4 Å². The van der Waals surface area contributed by atoms with Crippen molar-refractivity contribution in [2.45, 2.75) is 6.42 Å². The fourth-order valence-electron chi connectivity index (χ4n) is 2.94. The lowest BCUT2D eigenvalue weighted by Gasteiger charge is -2.21. The zero-order chi connectivity index (χ0) is 17.4. The number of benzene rings is 2. The van der Waals surface area contributed by atoms with Gasteiger partial charge in [0.2, 0.25) is 5.91 Å². The maximum absolute atomic E-state index is 13.0. The van der Waals surface area contributed by atoms with E-state index in [2.05, 4.69) is 5.32 Å². The van der Waals surface area contributed by atoms with Crippen LogP contribution in [0.3, 0.4) is 0 Å². The van der Waals surface area contributed by atoms with Gasteiger partial charge in [0.15, 0.2) is 5.76 Å². The molecule has 1 aromatic heterocycles. The van der Waals surface area contributed by atoms with Crippen LogP contribution in [0.5, 0.6) is 0 Å². The molecule has 4 rings (SSSR count). The Bertz CT molecular complexity index is 1050. The topological polar surface area (TPSA) is 79.6 Å². The number of hydrogen-bond acceptors (Lipinski definition) is 4. The van der Waals surface area contributed by atoms with Gasteiger partial charge < -0.3 is 14.6 Å². The van der Waals surface area contributed by atoms with E-state index in [1.54, 1.807) is 54.6 Å². The Morgan fingerprint density at radius 1 is 1.04 bits per heavy atom. The zero-order valence-corrected chi connectivity index (χ0v) is 13.2. The largest absolute Gasteiger partial charge is 0.417 e. The minimum absolute atomic E-state index is 0.0483. The molecule has 2 aromatic carbocycles. The molecule has 25 heavy (non-hydrogen) atoms. The lowest BCUT2D eigenvalue weighted by molar-refractivity contribution is -0.115. The van der Waals surface area contributed by atoms with Gasteiger partial charge in [-0.15, -0.1) is 0 Å². The lowest BCUT2D eigenvalue weighted by atomic mass is 10.1. The van der Waals surface area contributed by atoms with Crippen molar-refractivity contribution in [1.29, 1.82) is 0 Å². The number of carbonyl (C=O) groups excluding carboxylic acids is 2. The first-order valence-electron chi connectivity index (χ1n) is 7.87. The van der Waals surface area contributed by atoms with Gasteiger partial charge in [-0.2, -0.15) is 0 Å². The van der Waals surface area contributed by atoms with E-state index in [4.69, 9.17) is 4.42 Å². The van der Waals surface area contributed by atoms with E-state index < -0.39 is 11.5 Å². The summed E-state index contributed by atoms with van der Waals surface area (Å²) in [5, 5.41) is 3.84. The van der Waals surface area contributed by atoms with Crippen LogP contribution in [0.4, 0.5) is 11.4 Å². The second kappa shape index (κ2) is 5.90. The predicted octanol–water partition coefficient (Wildman–Crippen LogP) is 2.78. The van der Waals surface area contributed by atoms with Gasteiger partial charge in [0.25, 0.3) is 5.91 Å². The summed E-state index contributed by atoms with van der Waals surface area (Å²) in [5.41, 5.74) is 0.578. The van der Waals surface area contributed by atoms with Crippen LogP contribution in [0, 0.1) is 0 Å². The summed E-state index contributed by atoms with van der Waals surface area (Å²) in [7, 11) is 0. The molecule has 0 atom stereocenters. The van der Waals surface area contributed by atoms with Crippen molar-refractivity contribution in [3.8, 4) is 0 Å². The van der Waals surface area contributed by atoms with Gasteiger partial charge in [0, 0.05) is 13.0 Å². The third kappa shape index (κ3) is 2.67. The summed E-state index contributed by atoms with van der Waals surface area (Å²) in [4.78, 5) is 38.4. The normalized spacial score (nSPS) is 13.9. The van der Waals surface area contributed by atoms with E-state index in [0.717, 1.165) is 0 Å². The van der Waals surface area contributed by atoms with E-state index >= 15 is 0 Å². The SMILES string of the molecule is O=C1CCN(C(=O)c2cc3ccccc3c(=O)o2)c2ccccc2N1. The molecule has 6 nitrogen and oxygen atoms in total. The standard InChI is InChI=1S/C19H14N2O4/c22-17-9-10-21(15-8-4-3-7-14(15)20-17)18(23)16-11-12-5-1-2-6-13(12)19(24)25-16/h1-8,11H,9-10H2,(H,20,22). The Morgan fingerprint density at radius 2 is 1.80 bits per heavy atom. The lowest BCUT2D eigenvalue weighted by Crippen LogP contribution is -2.32. The molecule has 6 heteroatoms. The summed E-state index contributed by atoms with van der Waals surface area (Å²) < 4.78 is 5.24. The smallest absolute Gasteiger partial charge is 0.344 e. The second-order valence-electron chi connectivity index (χ2n) is 5.76. The van der Waals surface area contributed by atoms with Gasteiger partial charge >= 0.3 is 5.63 Å². The van der Waals surface area contributed by atoms with Gasteiger partial charge in [0.1, 0.15) is 0 Å². The monoisotopic (exact) mass is 334 g/mol. The fraction of sp³-hybridized carbons (Fsp3) is 0.105.